The zero-order valence-corrected chi connectivity index (χ0v) is 12.6. The molecule has 3 nitrogen and oxygen atoms in total. The molecule has 0 atom stereocenters. The lowest BCUT2D eigenvalue weighted by Gasteiger charge is -2.10. The van der Waals surface area contributed by atoms with Crippen LogP contribution in [-0.2, 0) is 0 Å². The van der Waals surface area contributed by atoms with E-state index in [-0.39, 0.29) is 17.6 Å². The molecule has 3 rings (SSSR count). The molecule has 3 aromatic rings. The molecule has 0 spiro atoms. The van der Waals surface area contributed by atoms with Gasteiger partial charge in [0.15, 0.2) is 0 Å². The molecule has 20 heavy (non-hydrogen) atoms. The lowest BCUT2D eigenvalue weighted by Crippen LogP contribution is -2.03. The van der Waals surface area contributed by atoms with Gasteiger partial charge in [0.2, 0.25) is 5.95 Å². The number of nitrogens with two attached hydrogens (primary N) is 1. The van der Waals surface area contributed by atoms with Gasteiger partial charge < -0.3 is 5.73 Å². The number of rotatable bonds is 1. The maximum atomic E-state index is 13.8. The molecule has 0 aliphatic heterocycles. The van der Waals surface area contributed by atoms with Gasteiger partial charge in [-0.25, -0.2) is 13.8 Å². The summed E-state index contributed by atoms with van der Waals surface area (Å²) in [7, 11) is 0. The van der Waals surface area contributed by atoms with Crippen molar-refractivity contribution < 1.29 is 8.78 Å². The third-order valence-corrected chi connectivity index (χ3v) is 4.03. The summed E-state index contributed by atoms with van der Waals surface area (Å²) in [4.78, 5) is 4.21. The number of nitrogen functional groups attached to an aromatic ring is 1. The zero-order chi connectivity index (χ0) is 14.4. The first-order valence-corrected chi connectivity index (χ1v) is 6.95. The Morgan fingerprint density at radius 2 is 1.95 bits per heavy atom. The van der Waals surface area contributed by atoms with Crippen LogP contribution < -0.4 is 5.73 Å². The molecule has 1 heterocycles. The lowest BCUT2D eigenvalue weighted by atomic mass is 10.2. The molecule has 2 aromatic carbocycles. The molecular formula is C14H10F2IN3. The van der Waals surface area contributed by atoms with Crippen molar-refractivity contribution in [2.24, 2.45) is 0 Å². The van der Waals surface area contributed by atoms with Crippen molar-refractivity contribution in [2.45, 2.75) is 6.92 Å². The highest BCUT2D eigenvalue weighted by atomic mass is 127. The largest absolute Gasteiger partial charge is 0.369 e. The molecule has 0 fully saturated rings. The van der Waals surface area contributed by atoms with Crippen LogP contribution in [0.25, 0.3) is 16.7 Å². The number of imidazole rings is 1. The van der Waals surface area contributed by atoms with Crippen molar-refractivity contribution >= 4 is 39.6 Å². The van der Waals surface area contributed by atoms with E-state index in [0.29, 0.717) is 25.9 Å². The molecule has 0 amide bonds. The Hall–Kier alpha value is -1.70. The highest BCUT2D eigenvalue weighted by Crippen LogP contribution is 2.28. The maximum Gasteiger partial charge on any atom is 0.205 e. The molecule has 2 N–H and O–H groups in total. The van der Waals surface area contributed by atoms with Gasteiger partial charge in [0.1, 0.15) is 11.6 Å². The van der Waals surface area contributed by atoms with Gasteiger partial charge in [-0.15, -0.1) is 0 Å². The van der Waals surface area contributed by atoms with Gasteiger partial charge in [0, 0.05) is 11.6 Å². The predicted octanol–water partition coefficient (Wildman–Crippen LogP) is 3.80. The van der Waals surface area contributed by atoms with E-state index in [1.54, 1.807) is 29.7 Å². The van der Waals surface area contributed by atoms with E-state index in [2.05, 4.69) is 4.98 Å². The average molecular weight is 385 g/mol. The number of aromatic nitrogens is 2. The second kappa shape index (κ2) is 4.69. The van der Waals surface area contributed by atoms with Crippen LogP contribution in [0.3, 0.4) is 0 Å². The summed E-state index contributed by atoms with van der Waals surface area (Å²) >= 11 is 1.90. The number of hydrogen-bond donors (Lipinski definition) is 1. The average Bonchev–Trinajstić information content (AvgIpc) is 2.69. The summed E-state index contributed by atoms with van der Waals surface area (Å²) in [5.74, 6) is -0.488. The van der Waals surface area contributed by atoms with Crippen molar-refractivity contribution in [3.8, 4) is 5.69 Å². The number of fused-ring (bicyclic) bond motifs is 1. The van der Waals surface area contributed by atoms with E-state index >= 15 is 0 Å². The fourth-order valence-corrected chi connectivity index (χ4v) is 2.63. The van der Waals surface area contributed by atoms with Gasteiger partial charge in [-0.2, -0.15) is 0 Å². The van der Waals surface area contributed by atoms with Crippen molar-refractivity contribution in [2.75, 3.05) is 5.73 Å². The standard InChI is InChI=1S/C14H10F2IN3/c1-7-8(15)3-2-4-12(7)20-13-5-9(16)10(17)6-11(13)19-14(20)18/h2-6H,1H3,(H2,18,19). The number of halogens is 3. The molecule has 0 unspecified atom stereocenters. The monoisotopic (exact) mass is 385 g/mol. The SMILES string of the molecule is Cc1c(F)cccc1-n1c(N)nc2cc(I)c(F)cc21. The summed E-state index contributed by atoms with van der Waals surface area (Å²) in [5, 5.41) is 0. The van der Waals surface area contributed by atoms with Gasteiger partial charge >= 0.3 is 0 Å². The Labute approximate surface area is 127 Å². The Morgan fingerprint density at radius 1 is 1.20 bits per heavy atom. The molecule has 0 saturated carbocycles. The third-order valence-electron chi connectivity index (χ3n) is 3.20. The van der Waals surface area contributed by atoms with Crippen LogP contribution in [0.1, 0.15) is 5.56 Å². The maximum absolute atomic E-state index is 13.8. The molecule has 0 aliphatic rings. The predicted molar refractivity (Wildman–Crippen MR) is 82.9 cm³/mol. The molecule has 0 bridgehead atoms. The minimum Gasteiger partial charge on any atom is -0.369 e. The number of nitrogens with zero attached hydrogens (tertiary/aromatic N) is 2. The normalized spacial score (nSPS) is 11.2. The highest BCUT2D eigenvalue weighted by molar-refractivity contribution is 14.1. The van der Waals surface area contributed by atoms with Gasteiger partial charge in [-0.1, -0.05) is 6.07 Å². The fourth-order valence-electron chi connectivity index (χ4n) is 2.18. The van der Waals surface area contributed by atoms with E-state index < -0.39 is 0 Å². The molecule has 0 aliphatic carbocycles. The first kappa shape index (κ1) is 13.3. The quantitative estimate of drug-likeness (QED) is 0.648. The summed E-state index contributed by atoms with van der Waals surface area (Å²) in [6, 6.07) is 7.67. The van der Waals surface area contributed by atoms with E-state index in [1.165, 1.54) is 12.1 Å². The highest BCUT2D eigenvalue weighted by Gasteiger charge is 2.15. The van der Waals surface area contributed by atoms with Crippen LogP contribution in [0, 0.1) is 22.1 Å². The first-order chi connectivity index (χ1) is 9.49. The van der Waals surface area contributed by atoms with Crippen LogP contribution in [0.5, 0.6) is 0 Å². The van der Waals surface area contributed by atoms with Gasteiger partial charge in [0.25, 0.3) is 0 Å². The lowest BCUT2D eigenvalue weighted by molar-refractivity contribution is 0.617. The minimum atomic E-state index is -0.353. The van der Waals surface area contributed by atoms with Crippen LogP contribution in [0.4, 0.5) is 14.7 Å². The number of benzene rings is 2. The molecule has 0 radical (unpaired) electrons. The summed E-state index contributed by atoms with van der Waals surface area (Å²) in [6.07, 6.45) is 0. The summed E-state index contributed by atoms with van der Waals surface area (Å²) < 4.78 is 29.5. The van der Waals surface area contributed by atoms with Crippen molar-refractivity contribution in [1.82, 2.24) is 9.55 Å². The van der Waals surface area contributed by atoms with E-state index in [1.807, 2.05) is 22.6 Å². The first-order valence-electron chi connectivity index (χ1n) is 5.87. The van der Waals surface area contributed by atoms with E-state index in [9.17, 15) is 8.78 Å². The van der Waals surface area contributed by atoms with E-state index in [4.69, 9.17) is 5.73 Å². The minimum absolute atomic E-state index is 0.204. The topological polar surface area (TPSA) is 43.8 Å². The van der Waals surface area contributed by atoms with Gasteiger partial charge in [-0.05, 0) is 47.7 Å². The van der Waals surface area contributed by atoms with Crippen molar-refractivity contribution in [1.29, 1.82) is 0 Å². The molecule has 102 valence electrons. The Morgan fingerprint density at radius 3 is 2.70 bits per heavy atom. The Bertz CT molecular complexity index is 827. The Balaban J connectivity index is 2.39. The summed E-state index contributed by atoms with van der Waals surface area (Å²) in [5.41, 5.74) is 8.01. The molecule has 0 saturated heterocycles. The number of anilines is 1. The van der Waals surface area contributed by atoms with Crippen LogP contribution >= 0.6 is 22.6 Å². The molecular weight excluding hydrogens is 375 g/mol. The van der Waals surface area contributed by atoms with Gasteiger partial charge in [0.05, 0.1) is 20.3 Å². The summed E-state index contributed by atoms with van der Waals surface area (Å²) in [6.45, 7) is 1.65. The molecule has 6 heteroatoms. The van der Waals surface area contributed by atoms with Crippen molar-refractivity contribution in [3.05, 3.63) is 51.1 Å². The van der Waals surface area contributed by atoms with Crippen molar-refractivity contribution in [3.63, 3.8) is 0 Å². The van der Waals surface area contributed by atoms with Crippen LogP contribution in [0.15, 0.2) is 30.3 Å². The Kier molecular flexibility index (Phi) is 3.12. The smallest absolute Gasteiger partial charge is 0.205 e. The van der Waals surface area contributed by atoms with E-state index in [0.717, 1.165) is 0 Å². The third kappa shape index (κ3) is 1.94. The van der Waals surface area contributed by atoms with Crippen LogP contribution in [-0.4, -0.2) is 9.55 Å². The second-order valence-corrected chi connectivity index (χ2v) is 5.61. The van der Waals surface area contributed by atoms with Crippen LogP contribution in [0.2, 0.25) is 0 Å². The van der Waals surface area contributed by atoms with Gasteiger partial charge in [-0.3, -0.25) is 4.57 Å². The fraction of sp³-hybridized carbons (Fsp3) is 0.0714. The number of hydrogen-bond acceptors (Lipinski definition) is 2. The molecule has 1 aromatic heterocycles. The zero-order valence-electron chi connectivity index (χ0n) is 10.5. The second-order valence-electron chi connectivity index (χ2n) is 4.44.